The standard InChI is InChI=1S/C10H17ClN4O/c1-14(2)5-4-6-15(3)9-8(11)10(16)13-7-12-9/h7H,4-6H2,1-3H3,(H,12,13,16). The van der Waals surface area contributed by atoms with Crippen molar-refractivity contribution < 1.29 is 0 Å². The topological polar surface area (TPSA) is 52.2 Å². The van der Waals surface area contributed by atoms with Gasteiger partial charge >= 0.3 is 0 Å². The molecule has 1 aromatic heterocycles. The number of aromatic amines is 1. The van der Waals surface area contributed by atoms with Crippen LogP contribution in [0.1, 0.15) is 6.42 Å². The molecule has 0 bridgehead atoms. The van der Waals surface area contributed by atoms with Gasteiger partial charge in [-0.1, -0.05) is 11.6 Å². The van der Waals surface area contributed by atoms with E-state index in [0.29, 0.717) is 5.82 Å². The molecular formula is C10H17ClN4O. The van der Waals surface area contributed by atoms with Crippen molar-refractivity contribution in [2.24, 2.45) is 0 Å². The Morgan fingerprint density at radius 2 is 2.06 bits per heavy atom. The van der Waals surface area contributed by atoms with E-state index in [4.69, 9.17) is 11.6 Å². The van der Waals surface area contributed by atoms with Gasteiger partial charge in [0.1, 0.15) is 5.02 Å². The Bertz CT molecular complexity index is 391. The Labute approximate surface area is 100 Å². The highest BCUT2D eigenvalue weighted by Gasteiger charge is 2.10. The van der Waals surface area contributed by atoms with Crippen molar-refractivity contribution in [3.8, 4) is 0 Å². The van der Waals surface area contributed by atoms with Crippen molar-refractivity contribution in [1.29, 1.82) is 0 Å². The molecule has 0 aliphatic carbocycles. The molecule has 0 aliphatic rings. The first kappa shape index (κ1) is 13.0. The van der Waals surface area contributed by atoms with Crippen molar-refractivity contribution in [2.45, 2.75) is 6.42 Å². The van der Waals surface area contributed by atoms with Crippen LogP contribution in [0.4, 0.5) is 5.82 Å². The quantitative estimate of drug-likeness (QED) is 0.833. The molecule has 0 atom stereocenters. The number of rotatable bonds is 5. The van der Waals surface area contributed by atoms with Crippen molar-refractivity contribution in [1.82, 2.24) is 14.9 Å². The van der Waals surface area contributed by atoms with Crippen molar-refractivity contribution in [3.63, 3.8) is 0 Å². The zero-order valence-corrected chi connectivity index (χ0v) is 10.6. The molecule has 0 unspecified atom stereocenters. The molecule has 0 radical (unpaired) electrons. The van der Waals surface area contributed by atoms with Crippen LogP contribution in [0.2, 0.25) is 5.02 Å². The number of aromatic nitrogens is 2. The summed E-state index contributed by atoms with van der Waals surface area (Å²) in [6.07, 6.45) is 2.36. The summed E-state index contributed by atoms with van der Waals surface area (Å²) in [5.41, 5.74) is -0.300. The Morgan fingerprint density at radius 1 is 1.38 bits per heavy atom. The lowest BCUT2D eigenvalue weighted by Gasteiger charge is -2.19. The number of nitrogens with one attached hydrogen (secondary N) is 1. The first-order valence-electron chi connectivity index (χ1n) is 5.11. The predicted octanol–water partition coefficient (Wildman–Crippen LogP) is 0.811. The van der Waals surface area contributed by atoms with Gasteiger partial charge in [0.2, 0.25) is 0 Å². The van der Waals surface area contributed by atoms with Crippen LogP contribution in [0.15, 0.2) is 11.1 Å². The average Bonchev–Trinajstić information content (AvgIpc) is 2.21. The summed E-state index contributed by atoms with van der Waals surface area (Å²) in [4.78, 5) is 21.8. The molecule has 0 aromatic carbocycles. The largest absolute Gasteiger partial charge is 0.358 e. The SMILES string of the molecule is CN(C)CCCN(C)c1nc[nH]c(=O)c1Cl. The lowest BCUT2D eigenvalue weighted by molar-refractivity contribution is 0.401. The normalized spacial score (nSPS) is 10.8. The molecule has 0 aliphatic heterocycles. The fourth-order valence-corrected chi connectivity index (χ4v) is 1.62. The molecule has 90 valence electrons. The summed E-state index contributed by atoms with van der Waals surface area (Å²) >= 11 is 5.87. The first-order chi connectivity index (χ1) is 7.52. The highest BCUT2D eigenvalue weighted by atomic mass is 35.5. The van der Waals surface area contributed by atoms with E-state index >= 15 is 0 Å². The van der Waals surface area contributed by atoms with Gasteiger partial charge in [0.25, 0.3) is 5.56 Å². The molecule has 0 fully saturated rings. The van der Waals surface area contributed by atoms with Gasteiger partial charge in [0.05, 0.1) is 6.33 Å². The molecule has 1 N–H and O–H groups in total. The van der Waals surface area contributed by atoms with Gasteiger partial charge < -0.3 is 14.8 Å². The highest BCUT2D eigenvalue weighted by molar-refractivity contribution is 6.32. The fourth-order valence-electron chi connectivity index (χ4n) is 1.37. The average molecular weight is 245 g/mol. The summed E-state index contributed by atoms with van der Waals surface area (Å²) < 4.78 is 0. The smallest absolute Gasteiger partial charge is 0.271 e. The Hall–Kier alpha value is -1.07. The molecule has 0 amide bonds. The number of anilines is 1. The van der Waals surface area contributed by atoms with Gasteiger partial charge in [-0.3, -0.25) is 4.79 Å². The van der Waals surface area contributed by atoms with Crippen LogP contribution in [-0.2, 0) is 0 Å². The lowest BCUT2D eigenvalue weighted by Crippen LogP contribution is -2.26. The van der Waals surface area contributed by atoms with Gasteiger partial charge in [-0.15, -0.1) is 0 Å². The van der Waals surface area contributed by atoms with Crippen LogP contribution in [-0.4, -0.2) is 49.1 Å². The van der Waals surface area contributed by atoms with Gasteiger partial charge in [0, 0.05) is 13.6 Å². The molecule has 1 rings (SSSR count). The van der Waals surface area contributed by atoms with Crippen molar-refractivity contribution in [2.75, 3.05) is 39.1 Å². The lowest BCUT2D eigenvalue weighted by atomic mass is 10.3. The van der Waals surface area contributed by atoms with Crippen molar-refractivity contribution in [3.05, 3.63) is 21.7 Å². The van der Waals surface area contributed by atoms with E-state index in [2.05, 4.69) is 14.9 Å². The molecule has 16 heavy (non-hydrogen) atoms. The summed E-state index contributed by atoms with van der Waals surface area (Å²) in [7, 11) is 5.93. The minimum atomic E-state index is -0.300. The van der Waals surface area contributed by atoms with Gasteiger partial charge in [-0.2, -0.15) is 0 Å². The second-order valence-electron chi connectivity index (χ2n) is 3.95. The maximum Gasteiger partial charge on any atom is 0.271 e. The summed E-state index contributed by atoms with van der Waals surface area (Å²) in [6, 6.07) is 0. The third-order valence-electron chi connectivity index (χ3n) is 2.24. The second kappa shape index (κ2) is 5.86. The third kappa shape index (κ3) is 3.50. The number of hydrogen-bond acceptors (Lipinski definition) is 4. The fraction of sp³-hybridized carbons (Fsp3) is 0.600. The number of nitrogens with zero attached hydrogens (tertiary/aromatic N) is 3. The van der Waals surface area contributed by atoms with Crippen LogP contribution in [0.25, 0.3) is 0 Å². The molecular weight excluding hydrogens is 228 g/mol. The molecule has 5 nitrogen and oxygen atoms in total. The predicted molar refractivity (Wildman–Crippen MR) is 66.3 cm³/mol. The van der Waals surface area contributed by atoms with E-state index < -0.39 is 0 Å². The van der Waals surface area contributed by atoms with Gasteiger partial charge in [-0.25, -0.2) is 4.98 Å². The molecule has 1 heterocycles. The maximum absolute atomic E-state index is 11.3. The third-order valence-corrected chi connectivity index (χ3v) is 2.58. The van der Waals surface area contributed by atoms with E-state index in [1.807, 2.05) is 26.0 Å². The Morgan fingerprint density at radius 3 is 2.69 bits per heavy atom. The minimum Gasteiger partial charge on any atom is -0.358 e. The molecule has 0 saturated heterocycles. The Balaban J connectivity index is 2.62. The van der Waals surface area contributed by atoms with Crippen LogP contribution in [0, 0.1) is 0 Å². The summed E-state index contributed by atoms with van der Waals surface area (Å²) in [5, 5.41) is 0.148. The second-order valence-corrected chi connectivity index (χ2v) is 4.33. The van der Waals surface area contributed by atoms with Gasteiger partial charge in [0.15, 0.2) is 5.82 Å². The summed E-state index contributed by atoms with van der Waals surface area (Å²) in [5.74, 6) is 0.532. The first-order valence-corrected chi connectivity index (χ1v) is 5.49. The van der Waals surface area contributed by atoms with E-state index in [-0.39, 0.29) is 10.6 Å². The van der Waals surface area contributed by atoms with Gasteiger partial charge in [-0.05, 0) is 27.1 Å². The zero-order chi connectivity index (χ0) is 12.1. The van der Waals surface area contributed by atoms with E-state index in [9.17, 15) is 4.79 Å². The van der Waals surface area contributed by atoms with Crippen molar-refractivity contribution >= 4 is 17.4 Å². The van der Waals surface area contributed by atoms with Crippen LogP contribution >= 0.6 is 11.6 Å². The minimum absolute atomic E-state index is 0.148. The molecule has 0 spiro atoms. The van der Waals surface area contributed by atoms with E-state index in [1.54, 1.807) is 0 Å². The van der Waals surface area contributed by atoms with Crippen LogP contribution in [0.3, 0.4) is 0 Å². The Kier molecular flexibility index (Phi) is 4.76. The van der Waals surface area contributed by atoms with E-state index in [1.165, 1.54) is 6.33 Å². The van der Waals surface area contributed by atoms with Crippen LogP contribution < -0.4 is 10.5 Å². The molecule has 6 heteroatoms. The molecule has 0 saturated carbocycles. The monoisotopic (exact) mass is 244 g/mol. The number of H-pyrrole nitrogens is 1. The van der Waals surface area contributed by atoms with Crippen LogP contribution in [0.5, 0.6) is 0 Å². The zero-order valence-electron chi connectivity index (χ0n) is 9.83. The number of halogens is 1. The molecule has 1 aromatic rings. The maximum atomic E-state index is 11.3. The summed E-state index contributed by atoms with van der Waals surface area (Å²) in [6.45, 7) is 1.81. The highest BCUT2D eigenvalue weighted by Crippen LogP contribution is 2.16. The van der Waals surface area contributed by atoms with E-state index in [0.717, 1.165) is 19.5 Å². The number of hydrogen-bond donors (Lipinski definition) is 1.